The van der Waals surface area contributed by atoms with Gasteiger partial charge in [-0.25, -0.2) is 19.4 Å². The standard InChI is InChI=1S/C37H34N8O2/c1-3-4-19-32-38-35-33(36(46)44(25(2)27-13-7-5-8-14-27)37(47)45(35)29-15-9-6-10-16-29)43(32)24-26-20-22-28(23-21-26)30-17-11-12-18-31(30)34-39-41-42-40-34/h5-18,20-23,25H,3-4,19,24H2,1-2H3,(H,39,40,41,42). The highest BCUT2D eigenvalue weighted by atomic mass is 16.2. The molecule has 0 bridgehead atoms. The lowest BCUT2D eigenvalue weighted by Gasteiger charge is -2.18. The Hall–Kier alpha value is -5.90. The molecule has 7 rings (SSSR count). The van der Waals surface area contributed by atoms with Crippen LogP contribution in [-0.4, -0.2) is 39.3 Å². The summed E-state index contributed by atoms with van der Waals surface area (Å²) in [6.07, 6.45) is 2.55. The molecule has 0 aliphatic heterocycles. The number of para-hydroxylation sites is 1. The summed E-state index contributed by atoms with van der Waals surface area (Å²) in [5.74, 6) is 1.38. The molecule has 1 unspecified atom stereocenters. The molecule has 0 spiro atoms. The normalized spacial score (nSPS) is 12.0. The number of tetrazole rings is 1. The number of hydrogen-bond acceptors (Lipinski definition) is 6. The second-order valence-corrected chi connectivity index (χ2v) is 11.6. The van der Waals surface area contributed by atoms with Crippen LogP contribution in [0, 0.1) is 0 Å². The molecule has 1 N–H and O–H groups in total. The Morgan fingerprint density at radius 1 is 0.809 bits per heavy atom. The van der Waals surface area contributed by atoms with Crippen LogP contribution in [0.2, 0.25) is 0 Å². The Morgan fingerprint density at radius 3 is 2.17 bits per heavy atom. The number of fused-ring (bicyclic) bond motifs is 1. The third-order valence-electron chi connectivity index (χ3n) is 8.63. The average molecular weight is 623 g/mol. The molecule has 0 radical (unpaired) electrons. The number of nitrogens with one attached hydrogen (secondary N) is 1. The molecule has 3 heterocycles. The first-order chi connectivity index (χ1) is 23.0. The maximum absolute atomic E-state index is 14.5. The molecule has 0 saturated carbocycles. The van der Waals surface area contributed by atoms with Gasteiger partial charge in [0.15, 0.2) is 17.0 Å². The van der Waals surface area contributed by atoms with Gasteiger partial charge in [-0.1, -0.05) is 110 Å². The Labute approximate surface area is 271 Å². The monoisotopic (exact) mass is 622 g/mol. The highest BCUT2D eigenvalue weighted by Crippen LogP contribution is 2.30. The van der Waals surface area contributed by atoms with E-state index < -0.39 is 11.7 Å². The van der Waals surface area contributed by atoms with Gasteiger partial charge in [0.25, 0.3) is 5.56 Å². The minimum Gasteiger partial charge on any atom is -0.318 e. The summed E-state index contributed by atoms with van der Waals surface area (Å²) >= 11 is 0. The topological polar surface area (TPSA) is 116 Å². The number of aromatic nitrogens is 8. The first-order valence-corrected chi connectivity index (χ1v) is 15.8. The van der Waals surface area contributed by atoms with E-state index in [-0.39, 0.29) is 5.56 Å². The molecule has 47 heavy (non-hydrogen) atoms. The maximum Gasteiger partial charge on any atom is 0.337 e. The van der Waals surface area contributed by atoms with Gasteiger partial charge in [-0.15, -0.1) is 5.10 Å². The summed E-state index contributed by atoms with van der Waals surface area (Å²) in [5.41, 5.74) is 5.47. The third kappa shape index (κ3) is 5.58. The summed E-state index contributed by atoms with van der Waals surface area (Å²) in [5, 5.41) is 14.4. The molecule has 0 fully saturated rings. The Morgan fingerprint density at radius 2 is 1.49 bits per heavy atom. The van der Waals surface area contributed by atoms with E-state index in [1.54, 1.807) is 4.57 Å². The lowest BCUT2D eigenvalue weighted by atomic mass is 9.98. The van der Waals surface area contributed by atoms with Crippen LogP contribution >= 0.6 is 0 Å². The van der Waals surface area contributed by atoms with E-state index >= 15 is 0 Å². The van der Waals surface area contributed by atoms with E-state index in [9.17, 15) is 9.59 Å². The van der Waals surface area contributed by atoms with Crippen molar-refractivity contribution in [3.63, 3.8) is 0 Å². The second kappa shape index (κ2) is 12.8. The van der Waals surface area contributed by atoms with Crippen LogP contribution in [0.3, 0.4) is 0 Å². The molecular weight excluding hydrogens is 588 g/mol. The zero-order valence-corrected chi connectivity index (χ0v) is 26.2. The number of aromatic amines is 1. The van der Waals surface area contributed by atoms with E-state index in [4.69, 9.17) is 4.98 Å². The fraction of sp³-hybridized carbons (Fsp3) is 0.189. The number of benzene rings is 4. The summed E-state index contributed by atoms with van der Waals surface area (Å²) < 4.78 is 4.95. The highest BCUT2D eigenvalue weighted by Gasteiger charge is 2.25. The van der Waals surface area contributed by atoms with Crippen LogP contribution in [0.1, 0.15) is 49.7 Å². The van der Waals surface area contributed by atoms with Gasteiger partial charge >= 0.3 is 5.69 Å². The SMILES string of the molecule is CCCCc1nc2c(c(=O)n(C(C)c3ccccc3)c(=O)n2-c2ccccc2)n1Cc1ccc(-c2ccccc2-c2nnn[nH]2)cc1. The zero-order chi connectivity index (χ0) is 32.3. The second-order valence-electron chi connectivity index (χ2n) is 11.6. The molecule has 1 atom stereocenters. The Bertz CT molecular complexity index is 2250. The van der Waals surface area contributed by atoms with Gasteiger partial charge in [-0.05, 0) is 58.2 Å². The van der Waals surface area contributed by atoms with Gasteiger partial charge in [0, 0.05) is 18.5 Å². The summed E-state index contributed by atoms with van der Waals surface area (Å²) in [4.78, 5) is 33.8. The number of aryl methyl sites for hydroxylation is 1. The predicted molar refractivity (Wildman–Crippen MR) is 183 cm³/mol. The van der Waals surface area contributed by atoms with Crippen molar-refractivity contribution in [3.05, 3.63) is 147 Å². The third-order valence-corrected chi connectivity index (χ3v) is 8.63. The molecule has 4 aromatic carbocycles. The summed E-state index contributed by atoms with van der Waals surface area (Å²) in [7, 11) is 0. The molecule has 0 aliphatic carbocycles. The van der Waals surface area contributed by atoms with E-state index in [0.29, 0.717) is 35.6 Å². The van der Waals surface area contributed by atoms with E-state index in [1.165, 1.54) is 4.57 Å². The summed E-state index contributed by atoms with van der Waals surface area (Å²) in [6.45, 7) is 4.45. The molecule has 7 aromatic rings. The van der Waals surface area contributed by atoms with Gasteiger partial charge in [0.2, 0.25) is 0 Å². The first kappa shape index (κ1) is 29.8. The van der Waals surface area contributed by atoms with Crippen LogP contribution in [0.4, 0.5) is 0 Å². The maximum atomic E-state index is 14.5. The lowest BCUT2D eigenvalue weighted by molar-refractivity contribution is 0.569. The molecule has 0 aliphatic rings. The highest BCUT2D eigenvalue weighted by molar-refractivity contribution is 5.80. The molecule has 10 nitrogen and oxygen atoms in total. The minimum absolute atomic E-state index is 0.352. The zero-order valence-electron chi connectivity index (χ0n) is 26.2. The van der Waals surface area contributed by atoms with Gasteiger partial charge in [-0.3, -0.25) is 9.36 Å². The van der Waals surface area contributed by atoms with Crippen LogP contribution in [-0.2, 0) is 13.0 Å². The lowest BCUT2D eigenvalue weighted by Crippen LogP contribution is -2.42. The van der Waals surface area contributed by atoms with Crippen LogP contribution in [0.25, 0.3) is 39.4 Å². The number of rotatable bonds is 10. The van der Waals surface area contributed by atoms with E-state index in [2.05, 4.69) is 51.8 Å². The van der Waals surface area contributed by atoms with E-state index in [1.807, 2.05) is 96.4 Å². The van der Waals surface area contributed by atoms with Crippen molar-refractivity contribution >= 4 is 11.2 Å². The first-order valence-electron chi connectivity index (χ1n) is 15.8. The number of nitrogens with zero attached hydrogens (tertiary/aromatic N) is 7. The van der Waals surface area contributed by atoms with Crippen molar-refractivity contribution in [1.82, 2.24) is 39.3 Å². The molecule has 3 aromatic heterocycles. The van der Waals surface area contributed by atoms with Gasteiger partial charge in [-0.2, -0.15) is 0 Å². The fourth-order valence-corrected chi connectivity index (χ4v) is 6.17. The van der Waals surface area contributed by atoms with Crippen molar-refractivity contribution in [2.24, 2.45) is 0 Å². The van der Waals surface area contributed by atoms with Crippen LogP contribution in [0.15, 0.2) is 119 Å². The number of H-pyrrole nitrogens is 1. The van der Waals surface area contributed by atoms with Crippen molar-refractivity contribution in [2.75, 3.05) is 0 Å². The van der Waals surface area contributed by atoms with Crippen molar-refractivity contribution < 1.29 is 0 Å². The largest absolute Gasteiger partial charge is 0.337 e. The molecular formula is C37H34N8O2. The predicted octanol–water partition coefficient (Wildman–Crippen LogP) is 6.20. The number of hydrogen-bond donors (Lipinski definition) is 1. The fourth-order valence-electron chi connectivity index (χ4n) is 6.17. The molecule has 234 valence electrons. The summed E-state index contributed by atoms with van der Waals surface area (Å²) in [6, 6.07) is 34.8. The van der Waals surface area contributed by atoms with Crippen molar-refractivity contribution in [1.29, 1.82) is 0 Å². The number of imidazole rings is 1. The Kier molecular flexibility index (Phi) is 8.14. The smallest absolute Gasteiger partial charge is 0.318 e. The van der Waals surface area contributed by atoms with Crippen molar-refractivity contribution in [2.45, 2.75) is 45.7 Å². The molecule has 0 saturated heterocycles. The molecule has 0 amide bonds. The minimum atomic E-state index is -0.489. The average Bonchev–Trinajstić information content (AvgIpc) is 3.78. The van der Waals surface area contributed by atoms with Crippen molar-refractivity contribution in [3.8, 4) is 28.2 Å². The van der Waals surface area contributed by atoms with Gasteiger partial charge in [0.1, 0.15) is 5.82 Å². The number of unbranched alkanes of at least 4 members (excludes halogenated alkanes) is 1. The van der Waals surface area contributed by atoms with Gasteiger partial charge in [0.05, 0.1) is 11.7 Å². The van der Waals surface area contributed by atoms with Crippen LogP contribution < -0.4 is 11.2 Å². The van der Waals surface area contributed by atoms with E-state index in [0.717, 1.165) is 46.5 Å². The quantitative estimate of drug-likeness (QED) is 0.194. The van der Waals surface area contributed by atoms with Crippen LogP contribution in [0.5, 0.6) is 0 Å². The molecule has 10 heteroatoms. The van der Waals surface area contributed by atoms with Gasteiger partial charge < -0.3 is 4.57 Å². The Balaban J connectivity index is 1.39.